The van der Waals surface area contributed by atoms with Gasteiger partial charge in [-0.3, -0.25) is 0 Å². The maximum absolute atomic E-state index is 11.1. The summed E-state index contributed by atoms with van der Waals surface area (Å²) in [6.45, 7) is 0.513. The van der Waals surface area contributed by atoms with E-state index < -0.39 is 11.6 Å². The molecular formula is C10H9BrO3. The van der Waals surface area contributed by atoms with Crippen LogP contribution in [-0.4, -0.2) is 17.7 Å². The Kier molecular flexibility index (Phi) is 2.33. The summed E-state index contributed by atoms with van der Waals surface area (Å²) in [7, 11) is 0. The third kappa shape index (κ3) is 1.35. The minimum absolute atomic E-state index is 0.513. The van der Waals surface area contributed by atoms with E-state index in [2.05, 4.69) is 15.9 Å². The molecule has 1 aromatic carbocycles. The van der Waals surface area contributed by atoms with Gasteiger partial charge in [-0.2, -0.15) is 0 Å². The molecule has 3 nitrogen and oxygen atoms in total. The lowest BCUT2D eigenvalue weighted by Gasteiger charge is -2.38. The average Bonchev–Trinajstić information content (AvgIpc) is 2.00. The smallest absolute Gasteiger partial charge is 0.340 e. The van der Waals surface area contributed by atoms with E-state index in [-0.39, 0.29) is 0 Å². The standard InChI is InChI=1S/C10H9BrO3/c11-8-3-1-2-7(6-8)10(9(12)13)4-5-14-10/h1-3,6H,4-5H2,(H,12,13). The van der Waals surface area contributed by atoms with E-state index in [4.69, 9.17) is 9.84 Å². The van der Waals surface area contributed by atoms with Crippen LogP contribution in [0.5, 0.6) is 0 Å². The number of halogens is 1. The minimum Gasteiger partial charge on any atom is -0.479 e. The SMILES string of the molecule is O=C(O)C1(c2cccc(Br)c2)CCO1. The summed E-state index contributed by atoms with van der Waals surface area (Å²) in [5.74, 6) is -0.915. The topological polar surface area (TPSA) is 46.5 Å². The summed E-state index contributed by atoms with van der Waals surface area (Å²) in [5, 5.41) is 9.09. The van der Waals surface area contributed by atoms with Gasteiger partial charge in [0.25, 0.3) is 0 Å². The highest BCUT2D eigenvalue weighted by molar-refractivity contribution is 9.10. The number of aliphatic carboxylic acids is 1. The second-order valence-electron chi connectivity index (χ2n) is 3.24. The molecule has 1 N–H and O–H groups in total. The Morgan fingerprint density at radius 3 is 2.71 bits per heavy atom. The van der Waals surface area contributed by atoms with Gasteiger partial charge in [0.15, 0.2) is 5.60 Å². The number of rotatable bonds is 2. The Bertz CT molecular complexity index is 371. The average molecular weight is 257 g/mol. The molecule has 74 valence electrons. The summed E-state index contributed by atoms with van der Waals surface area (Å²) in [4.78, 5) is 11.1. The van der Waals surface area contributed by atoms with Gasteiger partial charge >= 0.3 is 5.97 Å². The van der Waals surface area contributed by atoms with Crippen molar-refractivity contribution in [2.45, 2.75) is 12.0 Å². The number of carboxylic acid groups (broad SMARTS) is 1. The molecule has 0 aliphatic carbocycles. The lowest BCUT2D eigenvalue weighted by molar-refractivity contribution is -0.197. The van der Waals surface area contributed by atoms with Gasteiger partial charge < -0.3 is 9.84 Å². The fourth-order valence-electron chi connectivity index (χ4n) is 1.57. The number of benzene rings is 1. The predicted octanol–water partition coefficient (Wildman–Crippen LogP) is 2.15. The first-order valence-electron chi connectivity index (χ1n) is 4.28. The number of ether oxygens (including phenoxy) is 1. The van der Waals surface area contributed by atoms with Gasteiger partial charge in [0.05, 0.1) is 6.61 Å². The lowest BCUT2D eigenvalue weighted by atomic mass is 9.87. The Morgan fingerprint density at radius 2 is 2.29 bits per heavy atom. The zero-order valence-electron chi connectivity index (χ0n) is 7.37. The Labute approximate surface area is 89.8 Å². The van der Waals surface area contributed by atoms with Crippen LogP contribution in [0.4, 0.5) is 0 Å². The lowest BCUT2D eigenvalue weighted by Crippen LogP contribution is -2.47. The van der Waals surface area contributed by atoms with Crippen molar-refractivity contribution >= 4 is 21.9 Å². The number of hydrogen-bond donors (Lipinski definition) is 1. The van der Waals surface area contributed by atoms with Crippen molar-refractivity contribution in [3.8, 4) is 0 Å². The molecule has 0 amide bonds. The maximum Gasteiger partial charge on any atom is 0.340 e. The van der Waals surface area contributed by atoms with Crippen LogP contribution in [0.25, 0.3) is 0 Å². The molecular weight excluding hydrogens is 248 g/mol. The molecule has 1 heterocycles. The maximum atomic E-state index is 11.1. The van der Waals surface area contributed by atoms with E-state index in [1.54, 1.807) is 12.1 Å². The summed E-state index contributed by atoms with van der Waals surface area (Å²) < 4.78 is 6.07. The van der Waals surface area contributed by atoms with Crippen LogP contribution in [-0.2, 0) is 15.1 Å². The van der Waals surface area contributed by atoms with Gasteiger partial charge in [0.2, 0.25) is 0 Å². The highest BCUT2D eigenvalue weighted by atomic mass is 79.9. The molecule has 0 saturated carbocycles. The molecule has 1 aliphatic rings. The van der Waals surface area contributed by atoms with Crippen LogP contribution >= 0.6 is 15.9 Å². The molecule has 0 spiro atoms. The van der Waals surface area contributed by atoms with Crippen LogP contribution in [0.15, 0.2) is 28.7 Å². The van der Waals surface area contributed by atoms with Gasteiger partial charge in [0, 0.05) is 10.9 Å². The van der Waals surface area contributed by atoms with Crippen molar-refractivity contribution in [3.63, 3.8) is 0 Å². The summed E-state index contributed by atoms with van der Waals surface area (Å²) in [5.41, 5.74) is -0.408. The number of hydrogen-bond acceptors (Lipinski definition) is 2. The van der Waals surface area contributed by atoms with Crippen molar-refractivity contribution in [1.82, 2.24) is 0 Å². The van der Waals surface area contributed by atoms with E-state index in [1.165, 1.54) is 0 Å². The Morgan fingerprint density at radius 1 is 1.57 bits per heavy atom. The van der Waals surface area contributed by atoms with Crippen molar-refractivity contribution in [2.75, 3.05) is 6.61 Å². The normalized spacial score (nSPS) is 25.5. The van der Waals surface area contributed by atoms with Gasteiger partial charge in [-0.25, -0.2) is 4.79 Å². The molecule has 1 unspecified atom stereocenters. The monoisotopic (exact) mass is 256 g/mol. The molecule has 1 atom stereocenters. The van der Waals surface area contributed by atoms with Crippen molar-refractivity contribution in [1.29, 1.82) is 0 Å². The van der Waals surface area contributed by atoms with E-state index in [9.17, 15) is 4.79 Å². The third-order valence-corrected chi connectivity index (χ3v) is 2.93. The van der Waals surface area contributed by atoms with E-state index >= 15 is 0 Å². The fraction of sp³-hybridized carbons (Fsp3) is 0.300. The van der Waals surface area contributed by atoms with Crippen molar-refractivity contribution in [2.24, 2.45) is 0 Å². The first-order chi connectivity index (χ1) is 6.65. The van der Waals surface area contributed by atoms with Crippen molar-refractivity contribution in [3.05, 3.63) is 34.3 Å². The molecule has 2 rings (SSSR count). The van der Waals surface area contributed by atoms with Gasteiger partial charge in [-0.05, 0) is 17.7 Å². The molecule has 14 heavy (non-hydrogen) atoms. The molecule has 1 saturated heterocycles. The molecule has 0 radical (unpaired) electrons. The first kappa shape index (κ1) is 9.68. The second kappa shape index (κ2) is 3.37. The summed E-state index contributed by atoms with van der Waals surface area (Å²) >= 11 is 3.31. The Balaban J connectivity index is 2.42. The van der Waals surface area contributed by atoms with E-state index in [0.717, 1.165) is 4.47 Å². The van der Waals surface area contributed by atoms with Crippen LogP contribution in [0, 0.1) is 0 Å². The number of carbonyl (C=O) groups is 1. The largest absolute Gasteiger partial charge is 0.479 e. The third-order valence-electron chi connectivity index (χ3n) is 2.44. The first-order valence-corrected chi connectivity index (χ1v) is 5.08. The zero-order chi connectivity index (χ0) is 10.2. The summed E-state index contributed by atoms with van der Waals surface area (Å²) in [6.07, 6.45) is 0.540. The van der Waals surface area contributed by atoms with Crippen molar-refractivity contribution < 1.29 is 14.6 Å². The molecule has 1 aromatic rings. The fourth-order valence-corrected chi connectivity index (χ4v) is 1.96. The highest BCUT2D eigenvalue weighted by Gasteiger charge is 2.47. The zero-order valence-corrected chi connectivity index (χ0v) is 8.95. The van der Waals surface area contributed by atoms with Gasteiger partial charge in [-0.1, -0.05) is 28.1 Å². The molecule has 4 heteroatoms. The van der Waals surface area contributed by atoms with Crippen LogP contribution in [0.1, 0.15) is 12.0 Å². The van der Waals surface area contributed by atoms with Gasteiger partial charge in [-0.15, -0.1) is 0 Å². The highest BCUT2D eigenvalue weighted by Crippen LogP contribution is 2.38. The molecule has 1 fully saturated rings. The predicted molar refractivity (Wildman–Crippen MR) is 54.0 cm³/mol. The minimum atomic E-state index is -1.11. The molecule has 0 aromatic heterocycles. The van der Waals surface area contributed by atoms with E-state index in [0.29, 0.717) is 18.6 Å². The Hall–Kier alpha value is -0.870. The van der Waals surface area contributed by atoms with Crippen LogP contribution in [0.2, 0.25) is 0 Å². The van der Waals surface area contributed by atoms with E-state index in [1.807, 2.05) is 12.1 Å². The van der Waals surface area contributed by atoms with Crippen LogP contribution in [0.3, 0.4) is 0 Å². The molecule has 1 aliphatic heterocycles. The second-order valence-corrected chi connectivity index (χ2v) is 4.16. The quantitative estimate of drug-likeness (QED) is 0.882. The van der Waals surface area contributed by atoms with Gasteiger partial charge in [0.1, 0.15) is 0 Å². The summed E-state index contributed by atoms with van der Waals surface area (Å²) in [6, 6.07) is 7.23. The number of carboxylic acids is 1. The van der Waals surface area contributed by atoms with Crippen LogP contribution < -0.4 is 0 Å². The molecule has 0 bridgehead atoms.